The monoisotopic (exact) mass is 437 g/mol. The molecule has 0 aromatic carbocycles. The zero-order chi connectivity index (χ0) is 22.6. The molecule has 1 aliphatic rings. The Hall–Kier alpha value is -0.900. The van der Waals surface area contributed by atoms with Gasteiger partial charge in [-0.05, 0) is 45.2 Å². The van der Waals surface area contributed by atoms with Gasteiger partial charge in [0.25, 0.3) is 0 Å². The molecule has 1 fully saturated rings. The third-order valence-corrected chi connectivity index (χ3v) is 6.84. The third-order valence-electron chi connectivity index (χ3n) is 6.84. The van der Waals surface area contributed by atoms with Gasteiger partial charge in [-0.25, -0.2) is 0 Å². The number of rotatable bonds is 21. The van der Waals surface area contributed by atoms with E-state index in [-0.39, 0.29) is 11.9 Å². The standard InChI is InChI=1S/C27H51NO3/c1-3-4-5-6-7-9-12-15-18-25(19-16-13-10-8-11-14-17-22-29)24-31-27(30)26-20-21-28(2)23-26/h22,25-26H,3-21,23-24H2,1-2H3. The number of nitrogens with zero attached hydrogens (tertiary/aromatic N) is 1. The minimum Gasteiger partial charge on any atom is -0.465 e. The van der Waals surface area contributed by atoms with Gasteiger partial charge in [0.1, 0.15) is 6.29 Å². The molecule has 0 saturated carbocycles. The molecule has 2 atom stereocenters. The Morgan fingerprint density at radius 2 is 1.45 bits per heavy atom. The quantitative estimate of drug-likeness (QED) is 0.111. The number of hydrogen-bond acceptors (Lipinski definition) is 4. The van der Waals surface area contributed by atoms with Crippen molar-refractivity contribution in [3.05, 3.63) is 0 Å². The second kappa shape index (κ2) is 19.8. The van der Waals surface area contributed by atoms with Gasteiger partial charge in [-0.1, -0.05) is 90.4 Å². The highest BCUT2D eigenvalue weighted by atomic mass is 16.5. The summed E-state index contributed by atoms with van der Waals surface area (Å²) in [7, 11) is 2.08. The van der Waals surface area contributed by atoms with Gasteiger partial charge < -0.3 is 14.4 Å². The zero-order valence-electron chi connectivity index (χ0n) is 20.8. The summed E-state index contributed by atoms with van der Waals surface area (Å²) >= 11 is 0. The number of ether oxygens (including phenoxy) is 1. The van der Waals surface area contributed by atoms with Crippen molar-refractivity contribution in [1.82, 2.24) is 4.90 Å². The lowest BCUT2D eigenvalue weighted by Crippen LogP contribution is -2.24. The minimum absolute atomic E-state index is 0.0282. The van der Waals surface area contributed by atoms with Gasteiger partial charge in [0.05, 0.1) is 12.5 Å². The minimum atomic E-state index is 0.0282. The van der Waals surface area contributed by atoms with Crippen molar-refractivity contribution in [2.45, 2.75) is 122 Å². The Balaban J connectivity index is 2.21. The Morgan fingerprint density at radius 3 is 1.97 bits per heavy atom. The van der Waals surface area contributed by atoms with Crippen molar-refractivity contribution in [2.24, 2.45) is 11.8 Å². The molecule has 0 N–H and O–H groups in total. The maximum absolute atomic E-state index is 12.4. The molecule has 0 spiro atoms. The molecule has 0 aliphatic carbocycles. The van der Waals surface area contributed by atoms with E-state index >= 15 is 0 Å². The van der Waals surface area contributed by atoms with Crippen molar-refractivity contribution >= 4 is 12.3 Å². The fraction of sp³-hybridized carbons (Fsp3) is 0.926. The first-order chi connectivity index (χ1) is 15.2. The van der Waals surface area contributed by atoms with Crippen LogP contribution in [0.25, 0.3) is 0 Å². The summed E-state index contributed by atoms with van der Waals surface area (Å²) in [4.78, 5) is 25.0. The van der Waals surface area contributed by atoms with Gasteiger partial charge in [-0.15, -0.1) is 0 Å². The Labute approximate surface area is 192 Å². The molecule has 0 amide bonds. The van der Waals surface area contributed by atoms with Crippen LogP contribution in [0.5, 0.6) is 0 Å². The molecule has 0 aromatic heterocycles. The fourth-order valence-electron chi connectivity index (χ4n) is 4.69. The van der Waals surface area contributed by atoms with Gasteiger partial charge in [0.2, 0.25) is 0 Å². The maximum Gasteiger partial charge on any atom is 0.310 e. The Bertz CT molecular complexity index is 440. The van der Waals surface area contributed by atoms with E-state index in [1.54, 1.807) is 0 Å². The molecule has 4 heteroatoms. The van der Waals surface area contributed by atoms with E-state index in [9.17, 15) is 9.59 Å². The summed E-state index contributed by atoms with van der Waals surface area (Å²) in [6.45, 7) is 4.75. The predicted octanol–water partition coefficient (Wildman–Crippen LogP) is 6.95. The zero-order valence-corrected chi connectivity index (χ0v) is 20.8. The maximum atomic E-state index is 12.4. The summed E-state index contributed by atoms with van der Waals surface area (Å²) in [5.74, 6) is 0.638. The summed E-state index contributed by atoms with van der Waals surface area (Å²) in [5.41, 5.74) is 0. The number of likely N-dealkylation sites (tertiary alicyclic amines) is 1. The van der Waals surface area contributed by atoms with Crippen molar-refractivity contribution in [3.8, 4) is 0 Å². The molecule has 0 aromatic rings. The molecular formula is C27H51NO3. The Morgan fingerprint density at radius 1 is 0.903 bits per heavy atom. The second-order valence-corrected chi connectivity index (χ2v) is 9.87. The number of carbonyl (C=O) groups excluding carboxylic acids is 2. The van der Waals surface area contributed by atoms with Crippen molar-refractivity contribution in [2.75, 3.05) is 26.7 Å². The highest BCUT2D eigenvalue weighted by Gasteiger charge is 2.27. The van der Waals surface area contributed by atoms with Crippen LogP contribution in [0.2, 0.25) is 0 Å². The first-order valence-corrected chi connectivity index (χ1v) is 13.5. The normalized spacial score (nSPS) is 17.7. The molecule has 0 radical (unpaired) electrons. The van der Waals surface area contributed by atoms with E-state index in [0.29, 0.717) is 18.9 Å². The lowest BCUT2D eigenvalue weighted by Gasteiger charge is -2.18. The van der Waals surface area contributed by atoms with Crippen molar-refractivity contribution in [1.29, 1.82) is 0 Å². The SMILES string of the molecule is CCCCCCCCCCC(CCCCCCCCC=O)COC(=O)C1CCN(C)C1. The van der Waals surface area contributed by atoms with Crippen LogP contribution < -0.4 is 0 Å². The highest BCUT2D eigenvalue weighted by Crippen LogP contribution is 2.22. The van der Waals surface area contributed by atoms with Gasteiger partial charge in [-0.3, -0.25) is 4.79 Å². The number of esters is 1. The van der Waals surface area contributed by atoms with Crippen LogP contribution in [-0.2, 0) is 14.3 Å². The molecular weight excluding hydrogens is 386 g/mol. The largest absolute Gasteiger partial charge is 0.465 e. The van der Waals surface area contributed by atoms with Gasteiger partial charge in [-0.2, -0.15) is 0 Å². The van der Waals surface area contributed by atoms with Gasteiger partial charge >= 0.3 is 5.97 Å². The van der Waals surface area contributed by atoms with Crippen LogP contribution in [0, 0.1) is 11.8 Å². The average molecular weight is 438 g/mol. The molecule has 1 aliphatic heterocycles. The van der Waals surface area contributed by atoms with Crippen LogP contribution >= 0.6 is 0 Å². The van der Waals surface area contributed by atoms with E-state index in [1.807, 2.05) is 0 Å². The van der Waals surface area contributed by atoms with Crippen LogP contribution in [0.1, 0.15) is 122 Å². The molecule has 0 bridgehead atoms. The van der Waals surface area contributed by atoms with E-state index in [2.05, 4.69) is 18.9 Å². The van der Waals surface area contributed by atoms with Gasteiger partial charge in [0, 0.05) is 13.0 Å². The van der Waals surface area contributed by atoms with Crippen LogP contribution in [0.4, 0.5) is 0 Å². The summed E-state index contributed by atoms with van der Waals surface area (Å²) in [6.07, 6.45) is 23.1. The lowest BCUT2D eigenvalue weighted by atomic mass is 9.94. The van der Waals surface area contributed by atoms with E-state index in [0.717, 1.165) is 32.2 Å². The second-order valence-electron chi connectivity index (χ2n) is 9.87. The van der Waals surface area contributed by atoms with Crippen molar-refractivity contribution < 1.29 is 14.3 Å². The number of hydrogen-bond donors (Lipinski definition) is 0. The Kier molecular flexibility index (Phi) is 17.9. The molecule has 1 rings (SSSR count). The highest BCUT2D eigenvalue weighted by molar-refractivity contribution is 5.73. The van der Waals surface area contributed by atoms with Crippen LogP contribution in [-0.4, -0.2) is 43.9 Å². The number of unbranched alkanes of at least 4 members (excludes halogenated alkanes) is 13. The first-order valence-electron chi connectivity index (χ1n) is 13.5. The third kappa shape index (κ3) is 15.5. The molecule has 2 unspecified atom stereocenters. The first kappa shape index (κ1) is 28.1. The summed E-state index contributed by atoms with van der Waals surface area (Å²) in [6, 6.07) is 0. The van der Waals surface area contributed by atoms with Crippen LogP contribution in [0.3, 0.4) is 0 Å². The lowest BCUT2D eigenvalue weighted by molar-refractivity contribution is -0.149. The summed E-state index contributed by atoms with van der Waals surface area (Å²) < 4.78 is 5.78. The molecule has 1 saturated heterocycles. The molecule has 182 valence electrons. The van der Waals surface area contributed by atoms with E-state index < -0.39 is 0 Å². The number of carbonyl (C=O) groups is 2. The molecule has 4 nitrogen and oxygen atoms in total. The average Bonchev–Trinajstić information content (AvgIpc) is 3.21. The van der Waals surface area contributed by atoms with E-state index in [4.69, 9.17) is 4.74 Å². The topological polar surface area (TPSA) is 46.6 Å². The smallest absolute Gasteiger partial charge is 0.310 e. The van der Waals surface area contributed by atoms with Crippen LogP contribution in [0.15, 0.2) is 0 Å². The number of aldehydes is 1. The fourth-order valence-corrected chi connectivity index (χ4v) is 4.69. The van der Waals surface area contributed by atoms with Gasteiger partial charge in [0.15, 0.2) is 0 Å². The molecule has 31 heavy (non-hydrogen) atoms. The van der Waals surface area contributed by atoms with Crippen molar-refractivity contribution in [3.63, 3.8) is 0 Å². The summed E-state index contributed by atoms with van der Waals surface area (Å²) in [5, 5.41) is 0. The van der Waals surface area contributed by atoms with E-state index in [1.165, 1.54) is 96.3 Å². The predicted molar refractivity (Wildman–Crippen MR) is 130 cm³/mol. The molecule has 1 heterocycles.